The summed E-state index contributed by atoms with van der Waals surface area (Å²) < 4.78 is 12.2. The largest absolute Gasteiger partial charge is 0.493 e. The molecule has 0 amide bonds. The number of ether oxygens (including phenoxy) is 2. The van der Waals surface area contributed by atoms with E-state index in [2.05, 4.69) is 46.9 Å². The SMILES string of the molecule is C=CCOc1c(Br)cc(CN[C@H](C)C23CC4CC(CC(C4)C2)C3)cc1OC. The molecule has 1 N–H and O–H groups in total. The number of nitrogens with one attached hydrogen (secondary N) is 1. The molecule has 1 atom stereocenters. The van der Waals surface area contributed by atoms with Gasteiger partial charge in [0, 0.05) is 12.6 Å². The van der Waals surface area contributed by atoms with Crippen molar-refractivity contribution in [2.45, 2.75) is 58.0 Å². The standard InChI is InChI=1S/C23H32BrNO2/c1-4-5-27-22-20(24)9-19(10-21(22)26-3)14-25-15(2)23-11-16-6-17(12-23)8-18(7-16)13-23/h4,9-10,15-18,25H,1,5-8,11-14H2,2-3H3/t15-,16?,17?,18?,23?/m1/s1. The van der Waals surface area contributed by atoms with Crippen LogP contribution >= 0.6 is 15.9 Å². The van der Waals surface area contributed by atoms with Gasteiger partial charge >= 0.3 is 0 Å². The molecule has 0 saturated heterocycles. The van der Waals surface area contributed by atoms with E-state index < -0.39 is 0 Å². The molecular formula is C23H32BrNO2. The predicted molar refractivity (Wildman–Crippen MR) is 113 cm³/mol. The molecule has 4 aliphatic rings. The van der Waals surface area contributed by atoms with Crippen molar-refractivity contribution in [2.24, 2.45) is 23.2 Å². The Morgan fingerprint density at radius 3 is 2.41 bits per heavy atom. The topological polar surface area (TPSA) is 30.5 Å². The Morgan fingerprint density at radius 1 is 1.22 bits per heavy atom. The van der Waals surface area contributed by atoms with Gasteiger partial charge in [0.15, 0.2) is 11.5 Å². The second kappa shape index (κ2) is 7.79. The van der Waals surface area contributed by atoms with Gasteiger partial charge in [-0.3, -0.25) is 0 Å². The summed E-state index contributed by atoms with van der Waals surface area (Å²) in [4.78, 5) is 0. The first-order valence-electron chi connectivity index (χ1n) is 10.4. The van der Waals surface area contributed by atoms with Crippen molar-refractivity contribution in [3.63, 3.8) is 0 Å². The summed E-state index contributed by atoms with van der Waals surface area (Å²) in [6.07, 6.45) is 10.6. The third kappa shape index (κ3) is 3.80. The van der Waals surface area contributed by atoms with E-state index in [0.717, 1.165) is 40.3 Å². The van der Waals surface area contributed by atoms with E-state index in [0.29, 0.717) is 18.1 Å². The molecule has 4 heteroatoms. The molecule has 4 aliphatic carbocycles. The van der Waals surface area contributed by atoms with Crippen LogP contribution in [-0.4, -0.2) is 19.8 Å². The maximum absolute atomic E-state index is 5.74. The van der Waals surface area contributed by atoms with E-state index in [1.165, 1.54) is 44.1 Å². The zero-order chi connectivity index (χ0) is 19.0. The minimum absolute atomic E-state index is 0.468. The van der Waals surface area contributed by atoms with Gasteiger partial charge in [0.2, 0.25) is 0 Å². The third-order valence-corrected chi connectivity index (χ3v) is 7.84. The van der Waals surface area contributed by atoms with E-state index >= 15 is 0 Å². The molecule has 5 rings (SSSR count). The van der Waals surface area contributed by atoms with Crippen LogP contribution in [0.15, 0.2) is 29.3 Å². The second-order valence-electron chi connectivity index (χ2n) is 9.09. The number of halogens is 1. The van der Waals surface area contributed by atoms with E-state index in [-0.39, 0.29) is 0 Å². The number of hydrogen-bond donors (Lipinski definition) is 1. The van der Waals surface area contributed by atoms with Crippen LogP contribution in [0.25, 0.3) is 0 Å². The Morgan fingerprint density at radius 2 is 1.85 bits per heavy atom. The van der Waals surface area contributed by atoms with Gasteiger partial charge in [-0.1, -0.05) is 12.7 Å². The average molecular weight is 434 g/mol. The minimum atomic E-state index is 0.468. The average Bonchev–Trinajstić information content (AvgIpc) is 2.63. The molecule has 27 heavy (non-hydrogen) atoms. The quantitative estimate of drug-likeness (QED) is 0.531. The van der Waals surface area contributed by atoms with Crippen LogP contribution in [0.2, 0.25) is 0 Å². The summed E-state index contributed by atoms with van der Waals surface area (Å²) in [5.74, 6) is 4.50. The summed E-state index contributed by atoms with van der Waals surface area (Å²) in [5, 5.41) is 3.86. The minimum Gasteiger partial charge on any atom is -0.493 e. The van der Waals surface area contributed by atoms with Crippen molar-refractivity contribution in [1.29, 1.82) is 0 Å². The molecule has 0 aliphatic heterocycles. The Labute approximate surface area is 172 Å². The van der Waals surface area contributed by atoms with Crippen molar-refractivity contribution in [3.8, 4) is 11.5 Å². The van der Waals surface area contributed by atoms with Crippen LogP contribution in [0, 0.1) is 23.2 Å². The molecule has 0 unspecified atom stereocenters. The maximum Gasteiger partial charge on any atom is 0.175 e. The fourth-order valence-electron chi connectivity index (χ4n) is 6.35. The van der Waals surface area contributed by atoms with Gasteiger partial charge < -0.3 is 14.8 Å². The smallest absolute Gasteiger partial charge is 0.175 e. The zero-order valence-electron chi connectivity index (χ0n) is 16.6. The Balaban J connectivity index is 1.44. The Kier molecular flexibility index (Phi) is 5.57. The van der Waals surface area contributed by atoms with E-state index in [1.54, 1.807) is 13.2 Å². The molecule has 4 saturated carbocycles. The van der Waals surface area contributed by atoms with Gasteiger partial charge in [0.25, 0.3) is 0 Å². The number of methoxy groups -OCH3 is 1. The summed E-state index contributed by atoms with van der Waals surface area (Å²) in [6.45, 7) is 7.46. The van der Waals surface area contributed by atoms with Gasteiger partial charge in [0.05, 0.1) is 11.6 Å². The molecule has 0 aromatic heterocycles. The van der Waals surface area contributed by atoms with Crippen molar-refractivity contribution in [1.82, 2.24) is 5.32 Å². The second-order valence-corrected chi connectivity index (χ2v) is 9.95. The maximum atomic E-state index is 5.74. The number of hydrogen-bond acceptors (Lipinski definition) is 3. The van der Waals surface area contributed by atoms with Crippen LogP contribution < -0.4 is 14.8 Å². The Bertz CT molecular complexity index is 667. The van der Waals surface area contributed by atoms with Gasteiger partial charge in [-0.05, 0) is 102 Å². The third-order valence-electron chi connectivity index (χ3n) is 7.25. The molecule has 3 nitrogen and oxygen atoms in total. The van der Waals surface area contributed by atoms with Crippen LogP contribution in [0.1, 0.15) is 51.0 Å². The first-order valence-corrected chi connectivity index (χ1v) is 11.2. The highest BCUT2D eigenvalue weighted by Crippen LogP contribution is 2.61. The van der Waals surface area contributed by atoms with Crippen LogP contribution in [-0.2, 0) is 6.54 Å². The van der Waals surface area contributed by atoms with Crippen LogP contribution in [0.3, 0.4) is 0 Å². The predicted octanol–water partition coefficient (Wildman–Crippen LogP) is 5.72. The summed E-state index contributed by atoms with van der Waals surface area (Å²) in [7, 11) is 1.69. The van der Waals surface area contributed by atoms with E-state index in [9.17, 15) is 0 Å². The lowest BCUT2D eigenvalue weighted by Gasteiger charge is -2.59. The lowest BCUT2D eigenvalue weighted by Crippen LogP contribution is -2.54. The normalized spacial score (nSPS) is 32.3. The van der Waals surface area contributed by atoms with Gasteiger partial charge in [-0.25, -0.2) is 0 Å². The molecule has 4 fully saturated rings. The van der Waals surface area contributed by atoms with Gasteiger partial charge in [-0.15, -0.1) is 0 Å². The molecule has 0 radical (unpaired) electrons. The van der Waals surface area contributed by atoms with Gasteiger partial charge in [0.1, 0.15) is 6.61 Å². The highest BCUT2D eigenvalue weighted by molar-refractivity contribution is 9.10. The fourth-order valence-corrected chi connectivity index (χ4v) is 6.96. The van der Waals surface area contributed by atoms with E-state index in [4.69, 9.17) is 9.47 Å². The van der Waals surface area contributed by atoms with E-state index in [1.807, 2.05) is 0 Å². The lowest BCUT2D eigenvalue weighted by atomic mass is 9.48. The first kappa shape index (κ1) is 19.3. The van der Waals surface area contributed by atoms with Crippen molar-refractivity contribution in [3.05, 3.63) is 34.8 Å². The zero-order valence-corrected chi connectivity index (χ0v) is 18.2. The molecule has 0 heterocycles. The molecule has 4 bridgehead atoms. The van der Waals surface area contributed by atoms with Gasteiger partial charge in [-0.2, -0.15) is 0 Å². The molecule has 1 aromatic rings. The fraction of sp³-hybridized carbons (Fsp3) is 0.652. The van der Waals surface area contributed by atoms with Crippen LogP contribution in [0.4, 0.5) is 0 Å². The molecular weight excluding hydrogens is 402 g/mol. The van der Waals surface area contributed by atoms with Crippen molar-refractivity contribution in [2.75, 3.05) is 13.7 Å². The number of rotatable bonds is 8. The van der Waals surface area contributed by atoms with Crippen molar-refractivity contribution >= 4 is 15.9 Å². The van der Waals surface area contributed by atoms with Crippen molar-refractivity contribution < 1.29 is 9.47 Å². The molecule has 148 valence electrons. The number of benzene rings is 1. The highest BCUT2D eigenvalue weighted by Gasteiger charge is 2.52. The summed E-state index contributed by atoms with van der Waals surface area (Å²) >= 11 is 3.64. The van der Waals surface area contributed by atoms with Crippen LogP contribution in [0.5, 0.6) is 11.5 Å². The molecule has 0 spiro atoms. The Hall–Kier alpha value is -1.00. The summed E-state index contributed by atoms with van der Waals surface area (Å²) in [6, 6.07) is 4.79. The highest BCUT2D eigenvalue weighted by atomic mass is 79.9. The molecule has 1 aromatic carbocycles. The summed E-state index contributed by atoms with van der Waals surface area (Å²) in [5.41, 5.74) is 1.75. The lowest BCUT2D eigenvalue weighted by molar-refractivity contribution is -0.0706. The monoisotopic (exact) mass is 433 g/mol. The first-order chi connectivity index (χ1) is 13.0.